The molecule has 1 aromatic rings. The van der Waals surface area contributed by atoms with E-state index in [1.165, 1.54) is 0 Å². The summed E-state index contributed by atoms with van der Waals surface area (Å²) in [7, 11) is 0. The number of rotatable bonds is 10. The zero-order valence-electron chi connectivity index (χ0n) is 17.8. The van der Waals surface area contributed by atoms with Crippen LogP contribution in [0.4, 0.5) is 4.79 Å². The van der Waals surface area contributed by atoms with Crippen molar-refractivity contribution < 1.29 is 54.5 Å². The number of carboxylic acid groups (broad SMARTS) is 1. The average Bonchev–Trinajstić information content (AvgIpc) is 3.08. The van der Waals surface area contributed by atoms with Gasteiger partial charge in [-0.25, -0.2) is 14.4 Å². The molecule has 2 amide bonds. The van der Waals surface area contributed by atoms with E-state index in [0.29, 0.717) is 4.57 Å². The van der Waals surface area contributed by atoms with E-state index in [9.17, 15) is 54.6 Å². The molecule has 12 N–H and O–H groups in total. The zero-order valence-corrected chi connectivity index (χ0v) is 17.8. The molecular weight excluding hydrogens is 482 g/mol. The Hall–Kier alpha value is -3.39. The first-order valence-corrected chi connectivity index (χ1v) is 9.84. The van der Waals surface area contributed by atoms with Gasteiger partial charge in [-0.15, -0.1) is 0 Å². The third-order valence-corrected chi connectivity index (χ3v) is 5.11. The summed E-state index contributed by atoms with van der Waals surface area (Å²) in [4.78, 5) is 60.3. The highest BCUT2D eigenvalue weighted by Crippen LogP contribution is 2.30. The molecule has 0 bridgehead atoms. The number of hydrogen-bond acceptors (Lipinski definition) is 13. The second-order valence-electron chi connectivity index (χ2n) is 7.49. The molecule has 18 nitrogen and oxygen atoms in total. The molecule has 1 aliphatic heterocycles. The van der Waals surface area contributed by atoms with Crippen LogP contribution in [0.5, 0.6) is 0 Å². The monoisotopic (exact) mass is 507 g/mol. The van der Waals surface area contributed by atoms with E-state index in [1.54, 1.807) is 0 Å². The normalized spacial score (nSPS) is 25.3. The largest absolute Gasteiger partial charge is 0.480 e. The van der Waals surface area contributed by atoms with Crippen LogP contribution in [0.2, 0.25) is 0 Å². The number of amides is 2. The van der Waals surface area contributed by atoms with Crippen molar-refractivity contribution in [3.63, 3.8) is 0 Å². The molecule has 2 unspecified atom stereocenters. The molecule has 0 aliphatic carbocycles. The first-order chi connectivity index (χ1) is 16.3. The van der Waals surface area contributed by atoms with E-state index >= 15 is 0 Å². The van der Waals surface area contributed by atoms with Crippen LogP contribution in [0.1, 0.15) is 11.8 Å². The van der Waals surface area contributed by atoms with Crippen LogP contribution in [0.3, 0.4) is 0 Å². The fourth-order valence-corrected chi connectivity index (χ4v) is 3.21. The smallest absolute Gasteiger partial charge is 0.404 e. The number of carbonyl (C=O) groups excluding carboxylic acids is 2. The van der Waals surface area contributed by atoms with Crippen LogP contribution in [-0.4, -0.2) is 107 Å². The molecule has 0 radical (unpaired) electrons. The number of primary amides is 1. The number of ether oxygens (including phenoxy) is 2. The number of aliphatic carboxylic acids is 1. The van der Waals surface area contributed by atoms with Crippen LogP contribution < -0.4 is 28.0 Å². The SMILES string of the molecule is NC(=O)OC[C@H](O)[C@@H](O)[C@H](N)C(=O)N[C@H](C(=O)O)[C@H]1O[C@@H](n2cc(CO)c(=O)[nH]c2=O)C(O)C1O. The number of H-pyrrole nitrogens is 1. The Bertz CT molecular complexity index is 1060. The van der Waals surface area contributed by atoms with Crippen molar-refractivity contribution in [3.05, 3.63) is 32.6 Å². The van der Waals surface area contributed by atoms with Crippen LogP contribution in [0.15, 0.2) is 15.8 Å². The van der Waals surface area contributed by atoms with Crippen molar-refractivity contribution in [2.75, 3.05) is 6.61 Å². The number of aromatic nitrogens is 2. The first-order valence-electron chi connectivity index (χ1n) is 9.84. The van der Waals surface area contributed by atoms with Gasteiger partial charge in [0.05, 0.1) is 12.2 Å². The summed E-state index contributed by atoms with van der Waals surface area (Å²) in [5, 5.41) is 61.0. The van der Waals surface area contributed by atoms with Crippen molar-refractivity contribution in [1.82, 2.24) is 14.9 Å². The quantitative estimate of drug-likeness (QED) is 0.141. The van der Waals surface area contributed by atoms with Gasteiger partial charge in [0.2, 0.25) is 5.91 Å². The molecule has 0 aromatic carbocycles. The van der Waals surface area contributed by atoms with Gasteiger partial charge in [0, 0.05) is 6.20 Å². The van der Waals surface area contributed by atoms with Gasteiger partial charge in [0.15, 0.2) is 12.3 Å². The highest BCUT2D eigenvalue weighted by Gasteiger charge is 2.50. The van der Waals surface area contributed by atoms with Crippen molar-refractivity contribution in [1.29, 1.82) is 0 Å². The highest BCUT2D eigenvalue weighted by molar-refractivity contribution is 5.87. The molecule has 1 aromatic heterocycles. The van der Waals surface area contributed by atoms with Crippen molar-refractivity contribution in [2.24, 2.45) is 11.5 Å². The molecule has 2 heterocycles. The number of nitrogens with one attached hydrogen (secondary N) is 2. The van der Waals surface area contributed by atoms with E-state index in [-0.39, 0.29) is 5.56 Å². The Morgan fingerprint density at radius 2 is 1.86 bits per heavy atom. The summed E-state index contributed by atoms with van der Waals surface area (Å²) in [6, 6.07) is -4.05. The summed E-state index contributed by atoms with van der Waals surface area (Å²) in [5.74, 6) is -3.13. The number of nitrogens with zero attached hydrogens (tertiary/aromatic N) is 1. The Labute approximate surface area is 194 Å². The lowest BCUT2D eigenvalue weighted by molar-refractivity contribution is -0.150. The third-order valence-electron chi connectivity index (χ3n) is 5.11. The second kappa shape index (κ2) is 11.4. The number of carbonyl (C=O) groups is 3. The zero-order chi connectivity index (χ0) is 26.6. The lowest BCUT2D eigenvalue weighted by Crippen LogP contribution is -2.60. The number of nitrogens with two attached hydrogens (primary N) is 2. The number of aromatic amines is 1. The lowest BCUT2D eigenvalue weighted by atomic mass is 10.0. The molecule has 196 valence electrons. The maximum atomic E-state index is 12.4. The van der Waals surface area contributed by atoms with Crippen molar-refractivity contribution in [2.45, 2.75) is 55.4 Å². The summed E-state index contributed by atoms with van der Waals surface area (Å²) in [5.41, 5.74) is 7.89. The van der Waals surface area contributed by atoms with Gasteiger partial charge >= 0.3 is 17.8 Å². The summed E-state index contributed by atoms with van der Waals surface area (Å²) >= 11 is 0. The van der Waals surface area contributed by atoms with E-state index in [2.05, 4.69) is 4.74 Å². The Kier molecular flexibility index (Phi) is 9.04. The van der Waals surface area contributed by atoms with Gasteiger partial charge in [0.1, 0.15) is 43.2 Å². The standard InChI is InChI=1S/C17H25N5O13/c18-6(8(25)5(24)3-34-16(19)32)13(29)20-7(15(30)31)11-9(26)10(27)14(35-11)22-1-4(2-23)12(28)21-17(22)33/h1,5-11,14,23-27H,2-3,18H2,(H2,19,32)(H,20,29)(H,30,31)(H,21,28,33)/t5-,6-,7-,8+,9?,10?,11+,14+/m0/s1. The van der Waals surface area contributed by atoms with E-state index in [1.807, 2.05) is 10.3 Å². The molecule has 0 spiro atoms. The maximum absolute atomic E-state index is 12.4. The van der Waals surface area contributed by atoms with E-state index in [0.717, 1.165) is 6.20 Å². The molecule has 1 saturated heterocycles. The summed E-state index contributed by atoms with van der Waals surface area (Å²) in [6.45, 7) is -1.63. The average molecular weight is 507 g/mol. The van der Waals surface area contributed by atoms with Gasteiger partial charge in [-0.3, -0.25) is 19.1 Å². The molecule has 18 heteroatoms. The molecule has 8 atom stereocenters. The fraction of sp³-hybridized carbons (Fsp3) is 0.588. The Balaban J connectivity index is 2.22. The van der Waals surface area contributed by atoms with Crippen LogP contribution >= 0.6 is 0 Å². The number of aliphatic hydroxyl groups is 5. The highest BCUT2D eigenvalue weighted by atomic mass is 16.6. The predicted octanol–water partition coefficient (Wildman–Crippen LogP) is -6.64. The summed E-state index contributed by atoms with van der Waals surface area (Å²) in [6.07, 6.45) is -11.9. The Morgan fingerprint density at radius 1 is 1.23 bits per heavy atom. The summed E-state index contributed by atoms with van der Waals surface area (Å²) < 4.78 is 10.2. The van der Waals surface area contributed by atoms with Crippen LogP contribution in [0.25, 0.3) is 0 Å². The van der Waals surface area contributed by atoms with Gasteiger partial charge in [-0.2, -0.15) is 0 Å². The minimum atomic E-state index is -2.09. The molecule has 35 heavy (non-hydrogen) atoms. The number of hydrogen-bond donors (Lipinski definition) is 10. The minimum Gasteiger partial charge on any atom is -0.480 e. The fourth-order valence-electron chi connectivity index (χ4n) is 3.21. The predicted molar refractivity (Wildman–Crippen MR) is 108 cm³/mol. The van der Waals surface area contributed by atoms with Crippen LogP contribution in [0, 0.1) is 0 Å². The number of aliphatic hydroxyl groups excluding tert-OH is 5. The van der Waals surface area contributed by atoms with Crippen LogP contribution in [-0.2, 0) is 25.7 Å². The Morgan fingerprint density at radius 3 is 2.40 bits per heavy atom. The minimum absolute atomic E-state index is 0.305. The van der Waals surface area contributed by atoms with E-state index < -0.39 is 91.3 Å². The van der Waals surface area contributed by atoms with Gasteiger partial charge in [0.25, 0.3) is 5.56 Å². The van der Waals surface area contributed by atoms with Gasteiger partial charge in [-0.1, -0.05) is 0 Å². The van der Waals surface area contributed by atoms with Gasteiger partial charge in [-0.05, 0) is 0 Å². The third kappa shape index (κ3) is 6.19. The van der Waals surface area contributed by atoms with E-state index in [4.69, 9.17) is 16.2 Å². The van der Waals surface area contributed by atoms with Crippen molar-refractivity contribution >= 4 is 18.0 Å². The van der Waals surface area contributed by atoms with Crippen molar-refractivity contribution in [3.8, 4) is 0 Å². The molecule has 2 rings (SSSR count). The number of carboxylic acids is 1. The van der Waals surface area contributed by atoms with Gasteiger partial charge < -0.3 is 56.9 Å². The first kappa shape index (κ1) is 27.9. The molecule has 0 saturated carbocycles. The molecular formula is C17H25N5O13. The topological polar surface area (TPSA) is 310 Å². The lowest BCUT2D eigenvalue weighted by Gasteiger charge is -2.27. The second-order valence-corrected chi connectivity index (χ2v) is 7.49. The molecule has 1 fully saturated rings. The maximum Gasteiger partial charge on any atom is 0.404 e. The molecule has 1 aliphatic rings.